The predicted molar refractivity (Wildman–Crippen MR) is 53.6 cm³/mol. The first kappa shape index (κ1) is 11.7. The van der Waals surface area contributed by atoms with Crippen LogP contribution in [0.1, 0.15) is 10.4 Å². The van der Waals surface area contributed by atoms with Crippen molar-refractivity contribution in [3.05, 3.63) is 22.8 Å². The van der Waals surface area contributed by atoms with Gasteiger partial charge in [-0.05, 0) is 6.07 Å². The second-order valence-corrected chi connectivity index (χ2v) is 3.00. The number of ether oxygens (including phenoxy) is 2. The minimum Gasteiger partial charge on any atom is -0.478 e. The Morgan fingerprint density at radius 3 is 2.93 bits per heavy atom. The third kappa shape index (κ3) is 3.07. The molecule has 0 radical (unpaired) electrons. The van der Waals surface area contributed by atoms with Gasteiger partial charge in [0, 0.05) is 13.3 Å². The van der Waals surface area contributed by atoms with Crippen molar-refractivity contribution in [3.63, 3.8) is 0 Å². The van der Waals surface area contributed by atoms with E-state index in [1.807, 2.05) is 0 Å². The first-order valence-electron chi connectivity index (χ1n) is 4.16. The summed E-state index contributed by atoms with van der Waals surface area (Å²) < 4.78 is 9.91. The molecule has 1 aromatic heterocycles. The molecular formula is C9H10ClNO4. The van der Waals surface area contributed by atoms with Crippen LogP contribution in [0.25, 0.3) is 0 Å². The molecular weight excluding hydrogens is 222 g/mol. The summed E-state index contributed by atoms with van der Waals surface area (Å²) in [5, 5.41) is 8.77. The Morgan fingerprint density at radius 2 is 2.33 bits per heavy atom. The van der Waals surface area contributed by atoms with Gasteiger partial charge in [0.25, 0.3) is 0 Å². The van der Waals surface area contributed by atoms with Gasteiger partial charge >= 0.3 is 5.97 Å². The number of nitrogens with zero attached hydrogens (tertiary/aromatic N) is 1. The van der Waals surface area contributed by atoms with Gasteiger partial charge in [0.15, 0.2) is 0 Å². The van der Waals surface area contributed by atoms with Gasteiger partial charge < -0.3 is 14.6 Å². The molecule has 82 valence electrons. The molecule has 0 fully saturated rings. The molecule has 0 spiro atoms. The molecule has 0 aliphatic rings. The van der Waals surface area contributed by atoms with Crippen LogP contribution in [0, 0.1) is 0 Å². The van der Waals surface area contributed by atoms with E-state index in [0.717, 1.165) is 0 Å². The number of aromatic carboxylic acids is 1. The molecule has 1 N–H and O–H groups in total. The molecule has 0 atom stereocenters. The number of rotatable bonds is 5. The molecule has 1 rings (SSSR count). The van der Waals surface area contributed by atoms with E-state index in [0.29, 0.717) is 6.61 Å². The van der Waals surface area contributed by atoms with Gasteiger partial charge in [-0.15, -0.1) is 0 Å². The van der Waals surface area contributed by atoms with Gasteiger partial charge in [0.2, 0.25) is 5.88 Å². The van der Waals surface area contributed by atoms with E-state index in [1.165, 1.54) is 19.4 Å². The van der Waals surface area contributed by atoms with Crippen molar-refractivity contribution in [2.24, 2.45) is 0 Å². The number of halogens is 1. The normalized spacial score (nSPS) is 10.0. The molecule has 15 heavy (non-hydrogen) atoms. The minimum absolute atomic E-state index is 0.00102. The summed E-state index contributed by atoms with van der Waals surface area (Å²) in [4.78, 5) is 14.5. The maximum Gasteiger partial charge on any atom is 0.337 e. The van der Waals surface area contributed by atoms with Gasteiger partial charge in [0.1, 0.15) is 11.6 Å². The van der Waals surface area contributed by atoms with Crippen molar-refractivity contribution in [3.8, 4) is 5.88 Å². The summed E-state index contributed by atoms with van der Waals surface area (Å²) in [6.07, 6.45) is 1.33. The van der Waals surface area contributed by atoms with E-state index in [-0.39, 0.29) is 23.1 Å². The zero-order valence-electron chi connectivity index (χ0n) is 8.07. The number of hydrogen-bond donors (Lipinski definition) is 1. The highest BCUT2D eigenvalue weighted by Gasteiger charge is 2.13. The Kier molecular flexibility index (Phi) is 4.33. The van der Waals surface area contributed by atoms with Crippen molar-refractivity contribution in [1.29, 1.82) is 0 Å². The molecule has 0 bridgehead atoms. The van der Waals surface area contributed by atoms with Crippen LogP contribution in [0.4, 0.5) is 0 Å². The minimum atomic E-state index is -1.11. The number of aromatic nitrogens is 1. The van der Waals surface area contributed by atoms with Crippen LogP contribution in [0.5, 0.6) is 5.88 Å². The molecule has 1 aromatic rings. The van der Waals surface area contributed by atoms with E-state index >= 15 is 0 Å². The third-order valence-corrected chi connectivity index (χ3v) is 1.98. The van der Waals surface area contributed by atoms with E-state index in [1.54, 1.807) is 0 Å². The lowest BCUT2D eigenvalue weighted by molar-refractivity contribution is 0.0696. The van der Waals surface area contributed by atoms with Crippen molar-refractivity contribution in [2.45, 2.75) is 0 Å². The Balaban J connectivity index is 2.80. The average molecular weight is 232 g/mol. The first-order chi connectivity index (χ1) is 7.16. The molecule has 1 heterocycles. The number of carboxylic acids is 1. The maximum atomic E-state index is 10.7. The summed E-state index contributed by atoms with van der Waals surface area (Å²) in [5.41, 5.74) is -0.0286. The van der Waals surface area contributed by atoms with Crippen molar-refractivity contribution in [2.75, 3.05) is 20.3 Å². The molecule has 0 saturated heterocycles. The van der Waals surface area contributed by atoms with Crippen LogP contribution in [0.2, 0.25) is 5.02 Å². The lowest BCUT2D eigenvalue weighted by atomic mass is 10.3. The Bertz CT molecular complexity index is 356. The zero-order valence-corrected chi connectivity index (χ0v) is 8.82. The van der Waals surface area contributed by atoms with E-state index in [2.05, 4.69) is 4.98 Å². The number of methoxy groups -OCH3 is 1. The quantitative estimate of drug-likeness (QED) is 0.777. The van der Waals surface area contributed by atoms with Crippen LogP contribution in [-0.2, 0) is 4.74 Å². The second kappa shape index (κ2) is 5.53. The largest absolute Gasteiger partial charge is 0.478 e. The standard InChI is InChI=1S/C9H10ClNO4/c1-14-4-5-15-8-7(10)6(9(12)13)2-3-11-8/h2-3H,4-5H2,1H3,(H,12,13). The zero-order chi connectivity index (χ0) is 11.3. The number of pyridine rings is 1. The number of carbonyl (C=O) groups is 1. The summed E-state index contributed by atoms with van der Waals surface area (Å²) in [6.45, 7) is 0.654. The van der Waals surface area contributed by atoms with Crippen molar-refractivity contribution >= 4 is 17.6 Å². The summed E-state index contributed by atoms with van der Waals surface area (Å²) in [5.74, 6) is -1.01. The highest BCUT2D eigenvalue weighted by atomic mass is 35.5. The monoisotopic (exact) mass is 231 g/mol. The van der Waals surface area contributed by atoms with Crippen LogP contribution < -0.4 is 4.74 Å². The fourth-order valence-electron chi connectivity index (χ4n) is 0.912. The van der Waals surface area contributed by atoms with Crippen molar-refractivity contribution in [1.82, 2.24) is 4.98 Å². The number of hydrogen-bond acceptors (Lipinski definition) is 4. The van der Waals surface area contributed by atoms with E-state index < -0.39 is 5.97 Å². The summed E-state index contributed by atoms with van der Waals surface area (Å²) in [6, 6.07) is 1.31. The van der Waals surface area contributed by atoms with Crippen molar-refractivity contribution < 1.29 is 19.4 Å². The fourth-order valence-corrected chi connectivity index (χ4v) is 1.16. The van der Waals surface area contributed by atoms with Gasteiger partial charge in [-0.2, -0.15) is 0 Å². The molecule has 0 aliphatic carbocycles. The van der Waals surface area contributed by atoms with Gasteiger partial charge in [0.05, 0.1) is 12.2 Å². The lowest BCUT2D eigenvalue weighted by Gasteiger charge is -2.07. The fraction of sp³-hybridized carbons (Fsp3) is 0.333. The molecule has 0 amide bonds. The SMILES string of the molecule is COCCOc1nccc(C(=O)O)c1Cl. The first-order valence-corrected chi connectivity index (χ1v) is 4.54. The second-order valence-electron chi connectivity index (χ2n) is 2.62. The highest BCUT2D eigenvalue weighted by Crippen LogP contribution is 2.25. The molecule has 0 saturated carbocycles. The van der Waals surface area contributed by atoms with Crippen LogP contribution >= 0.6 is 11.6 Å². The molecule has 0 aliphatic heterocycles. The predicted octanol–water partition coefficient (Wildman–Crippen LogP) is 1.46. The highest BCUT2D eigenvalue weighted by molar-refractivity contribution is 6.34. The number of carboxylic acid groups (broad SMARTS) is 1. The van der Waals surface area contributed by atoms with Gasteiger partial charge in [-0.25, -0.2) is 9.78 Å². The van der Waals surface area contributed by atoms with Crippen LogP contribution in [-0.4, -0.2) is 36.4 Å². The van der Waals surface area contributed by atoms with Gasteiger partial charge in [-0.1, -0.05) is 11.6 Å². The molecule has 0 unspecified atom stereocenters. The summed E-state index contributed by atoms with van der Waals surface area (Å²) >= 11 is 5.77. The van der Waals surface area contributed by atoms with Crippen LogP contribution in [0.15, 0.2) is 12.3 Å². The molecule has 6 heteroatoms. The van der Waals surface area contributed by atoms with E-state index in [9.17, 15) is 4.79 Å². The van der Waals surface area contributed by atoms with E-state index in [4.69, 9.17) is 26.2 Å². The average Bonchev–Trinajstić information content (AvgIpc) is 2.20. The Hall–Kier alpha value is -1.33. The molecule has 0 aromatic carbocycles. The topological polar surface area (TPSA) is 68.7 Å². The third-order valence-electron chi connectivity index (χ3n) is 1.61. The Labute approximate surface area is 91.6 Å². The lowest BCUT2D eigenvalue weighted by Crippen LogP contribution is -2.07. The van der Waals surface area contributed by atoms with Gasteiger partial charge in [-0.3, -0.25) is 0 Å². The molecule has 5 nitrogen and oxygen atoms in total. The smallest absolute Gasteiger partial charge is 0.337 e. The van der Waals surface area contributed by atoms with Crippen LogP contribution in [0.3, 0.4) is 0 Å². The summed E-state index contributed by atoms with van der Waals surface area (Å²) in [7, 11) is 1.53. The Morgan fingerprint density at radius 1 is 1.60 bits per heavy atom. The maximum absolute atomic E-state index is 10.7.